The first-order chi connectivity index (χ1) is 14.5. The molecule has 1 aliphatic rings. The zero-order chi connectivity index (χ0) is 21.1. The second-order valence-corrected chi connectivity index (χ2v) is 8.26. The number of likely N-dealkylation sites (tertiary alicyclic amines) is 1. The fraction of sp³-hybridized carbons (Fsp3) is 0.417. The summed E-state index contributed by atoms with van der Waals surface area (Å²) in [6.45, 7) is 4.99. The molecule has 0 spiro atoms. The third-order valence-electron chi connectivity index (χ3n) is 6.00. The lowest BCUT2D eigenvalue weighted by Gasteiger charge is -2.29. The van der Waals surface area contributed by atoms with Crippen molar-refractivity contribution in [2.75, 3.05) is 26.7 Å². The Balaban J connectivity index is 1.58. The number of hydrogen-bond donors (Lipinski definition) is 1. The lowest BCUT2D eigenvalue weighted by atomic mass is 10.1. The molecule has 1 N–H and O–H groups in total. The van der Waals surface area contributed by atoms with Gasteiger partial charge in [0, 0.05) is 39.4 Å². The van der Waals surface area contributed by atoms with Gasteiger partial charge in [-0.25, -0.2) is 4.98 Å². The average molecular weight is 407 g/mol. The topological polar surface area (TPSA) is 61.1 Å². The van der Waals surface area contributed by atoms with Crippen LogP contribution in [-0.4, -0.2) is 63.0 Å². The summed E-state index contributed by atoms with van der Waals surface area (Å²) in [7, 11) is 1.85. The van der Waals surface area contributed by atoms with Crippen molar-refractivity contribution < 1.29 is 9.90 Å². The quantitative estimate of drug-likeness (QED) is 0.684. The number of carbonyl (C=O) groups is 1. The normalized spacial score (nSPS) is 15.6. The molecule has 0 bridgehead atoms. The largest absolute Gasteiger partial charge is 0.393 e. The van der Waals surface area contributed by atoms with Crippen molar-refractivity contribution >= 4 is 11.6 Å². The first-order valence-corrected chi connectivity index (χ1v) is 10.7. The van der Waals surface area contributed by atoms with Crippen LogP contribution in [0.15, 0.2) is 48.7 Å². The number of piperidine rings is 1. The van der Waals surface area contributed by atoms with Gasteiger partial charge in [-0.1, -0.05) is 36.4 Å². The number of likely N-dealkylation sites (N-methyl/N-ethyl adjacent to an activating group) is 1. The Morgan fingerprint density at radius 1 is 1.17 bits per heavy atom. The van der Waals surface area contributed by atoms with E-state index in [9.17, 15) is 9.90 Å². The first-order valence-electron chi connectivity index (χ1n) is 10.7. The van der Waals surface area contributed by atoms with Crippen molar-refractivity contribution in [3.8, 4) is 0 Å². The van der Waals surface area contributed by atoms with Crippen LogP contribution in [-0.2, 0) is 13.0 Å². The van der Waals surface area contributed by atoms with Crippen LogP contribution >= 0.6 is 0 Å². The lowest BCUT2D eigenvalue weighted by molar-refractivity contribution is 0.0751. The molecule has 1 aromatic carbocycles. The minimum Gasteiger partial charge on any atom is -0.393 e. The van der Waals surface area contributed by atoms with Crippen molar-refractivity contribution in [1.82, 2.24) is 19.2 Å². The maximum atomic E-state index is 13.4. The predicted molar refractivity (Wildman–Crippen MR) is 118 cm³/mol. The minimum absolute atomic E-state index is 0.0407. The van der Waals surface area contributed by atoms with E-state index in [0.29, 0.717) is 18.8 Å². The van der Waals surface area contributed by atoms with Crippen molar-refractivity contribution in [3.63, 3.8) is 0 Å². The summed E-state index contributed by atoms with van der Waals surface area (Å²) in [5, 5.41) is 9.82. The third kappa shape index (κ3) is 4.40. The van der Waals surface area contributed by atoms with Gasteiger partial charge in [-0.2, -0.15) is 0 Å². The van der Waals surface area contributed by atoms with Crippen LogP contribution in [0, 0.1) is 6.92 Å². The highest BCUT2D eigenvalue weighted by Crippen LogP contribution is 2.21. The third-order valence-corrected chi connectivity index (χ3v) is 6.00. The molecule has 6 nitrogen and oxygen atoms in total. The number of aromatic nitrogens is 2. The number of fused-ring (bicyclic) bond motifs is 1. The zero-order valence-electron chi connectivity index (χ0n) is 17.8. The molecule has 30 heavy (non-hydrogen) atoms. The van der Waals surface area contributed by atoms with Crippen molar-refractivity contribution in [2.45, 2.75) is 38.8 Å². The predicted octanol–water partition coefficient (Wildman–Crippen LogP) is 2.91. The van der Waals surface area contributed by atoms with Gasteiger partial charge < -0.3 is 14.4 Å². The standard InChI is InChI=1S/C24H30N4O2/c1-18-7-6-13-28-21(17-27-15-11-20(29)12-16-27)22(25-23(18)28)24(30)26(2)14-10-19-8-4-3-5-9-19/h3-9,13,20,29H,10-12,14-17H2,1-2H3. The lowest BCUT2D eigenvalue weighted by Crippen LogP contribution is -2.36. The number of imidazole rings is 1. The molecule has 1 saturated heterocycles. The van der Waals surface area contributed by atoms with Crippen molar-refractivity contribution in [2.24, 2.45) is 0 Å². The van der Waals surface area contributed by atoms with Crippen LogP contribution in [0.4, 0.5) is 0 Å². The van der Waals surface area contributed by atoms with E-state index in [0.717, 1.165) is 49.3 Å². The van der Waals surface area contributed by atoms with E-state index in [-0.39, 0.29) is 12.0 Å². The SMILES string of the molecule is Cc1cccn2c(CN3CCC(O)CC3)c(C(=O)N(C)CCc3ccccc3)nc12. The number of hydrogen-bond acceptors (Lipinski definition) is 4. The molecular formula is C24H30N4O2. The second kappa shape index (κ2) is 8.98. The Kier molecular flexibility index (Phi) is 6.16. The van der Waals surface area contributed by atoms with Crippen LogP contribution in [0.25, 0.3) is 5.65 Å². The summed E-state index contributed by atoms with van der Waals surface area (Å²) in [4.78, 5) is 22.2. The molecule has 0 unspecified atom stereocenters. The van der Waals surface area contributed by atoms with Gasteiger partial charge >= 0.3 is 0 Å². The summed E-state index contributed by atoms with van der Waals surface area (Å²) in [5.41, 5.74) is 4.57. The van der Waals surface area contributed by atoms with Gasteiger partial charge in [0.1, 0.15) is 5.65 Å². The minimum atomic E-state index is -0.212. The number of benzene rings is 1. The van der Waals surface area contributed by atoms with E-state index in [4.69, 9.17) is 4.98 Å². The number of rotatable bonds is 6. The molecule has 4 rings (SSSR count). The van der Waals surface area contributed by atoms with Gasteiger partial charge in [0.2, 0.25) is 0 Å². The Hall–Kier alpha value is -2.70. The second-order valence-electron chi connectivity index (χ2n) is 8.26. The Labute approximate surface area is 177 Å². The van der Waals surface area contributed by atoms with Gasteiger partial charge in [0.25, 0.3) is 5.91 Å². The number of nitrogens with zero attached hydrogens (tertiary/aromatic N) is 4. The maximum absolute atomic E-state index is 13.4. The van der Waals surface area contributed by atoms with E-state index in [2.05, 4.69) is 21.4 Å². The van der Waals surface area contributed by atoms with Crippen LogP contribution in [0.1, 0.15) is 40.2 Å². The number of carbonyl (C=O) groups excluding carboxylic acids is 1. The maximum Gasteiger partial charge on any atom is 0.274 e. The molecule has 158 valence electrons. The van der Waals surface area contributed by atoms with E-state index in [1.807, 2.05) is 50.5 Å². The summed E-state index contributed by atoms with van der Waals surface area (Å²) in [6.07, 6.45) is 4.14. The van der Waals surface area contributed by atoms with Gasteiger partial charge in [-0.05, 0) is 43.4 Å². The number of aliphatic hydroxyl groups excluding tert-OH is 1. The molecule has 0 saturated carbocycles. The molecule has 0 radical (unpaired) electrons. The highest BCUT2D eigenvalue weighted by molar-refractivity contribution is 5.94. The van der Waals surface area contributed by atoms with E-state index >= 15 is 0 Å². The molecule has 6 heteroatoms. The number of amides is 1. The fourth-order valence-corrected chi connectivity index (χ4v) is 4.09. The van der Waals surface area contributed by atoms with E-state index in [1.54, 1.807) is 4.90 Å². The van der Waals surface area contributed by atoms with Crippen LogP contribution in [0.2, 0.25) is 0 Å². The number of aliphatic hydroxyl groups is 1. The smallest absolute Gasteiger partial charge is 0.274 e. The van der Waals surface area contributed by atoms with Crippen molar-refractivity contribution in [1.29, 1.82) is 0 Å². The molecule has 2 aromatic heterocycles. The highest BCUT2D eigenvalue weighted by atomic mass is 16.3. The fourth-order valence-electron chi connectivity index (χ4n) is 4.09. The molecule has 0 atom stereocenters. The summed E-state index contributed by atoms with van der Waals surface area (Å²) in [6, 6.07) is 14.2. The molecule has 3 aromatic rings. The van der Waals surface area contributed by atoms with E-state index in [1.165, 1.54) is 5.56 Å². The molecule has 1 amide bonds. The van der Waals surface area contributed by atoms with Gasteiger partial charge in [0.05, 0.1) is 11.8 Å². The molecular weight excluding hydrogens is 376 g/mol. The molecule has 1 fully saturated rings. The Morgan fingerprint density at radius 2 is 1.90 bits per heavy atom. The van der Waals surface area contributed by atoms with Gasteiger partial charge in [-0.15, -0.1) is 0 Å². The van der Waals surface area contributed by atoms with Crippen LogP contribution < -0.4 is 0 Å². The summed E-state index contributed by atoms with van der Waals surface area (Å²) in [5.74, 6) is -0.0407. The summed E-state index contributed by atoms with van der Waals surface area (Å²) < 4.78 is 2.05. The van der Waals surface area contributed by atoms with Gasteiger partial charge in [0.15, 0.2) is 5.69 Å². The molecule has 3 heterocycles. The molecule has 0 aliphatic carbocycles. The number of pyridine rings is 1. The first kappa shape index (κ1) is 20.6. The highest BCUT2D eigenvalue weighted by Gasteiger charge is 2.25. The monoisotopic (exact) mass is 406 g/mol. The Bertz CT molecular complexity index is 1010. The van der Waals surface area contributed by atoms with Crippen LogP contribution in [0.3, 0.4) is 0 Å². The average Bonchev–Trinajstić information content (AvgIpc) is 3.13. The molecule has 1 aliphatic heterocycles. The van der Waals surface area contributed by atoms with Crippen LogP contribution in [0.5, 0.6) is 0 Å². The van der Waals surface area contributed by atoms with Gasteiger partial charge in [-0.3, -0.25) is 9.69 Å². The van der Waals surface area contributed by atoms with Crippen molar-refractivity contribution in [3.05, 3.63) is 71.2 Å². The summed E-state index contributed by atoms with van der Waals surface area (Å²) >= 11 is 0. The number of aryl methyl sites for hydroxylation is 1. The zero-order valence-corrected chi connectivity index (χ0v) is 17.8. The Morgan fingerprint density at radius 3 is 2.63 bits per heavy atom. The van der Waals surface area contributed by atoms with E-state index < -0.39 is 0 Å².